The van der Waals surface area contributed by atoms with Crippen molar-refractivity contribution in [1.29, 1.82) is 0 Å². The van der Waals surface area contributed by atoms with Crippen molar-refractivity contribution in [3.63, 3.8) is 0 Å². The largest absolute Gasteiger partial charge is 0.379 e. The second kappa shape index (κ2) is 6.40. The quantitative estimate of drug-likeness (QED) is 0.421. The molecule has 1 saturated heterocycles. The summed E-state index contributed by atoms with van der Waals surface area (Å²) in [5, 5.41) is 3.30. The van der Waals surface area contributed by atoms with Gasteiger partial charge in [0.05, 0.1) is 13.2 Å². The van der Waals surface area contributed by atoms with Crippen molar-refractivity contribution < 1.29 is 4.74 Å². The lowest BCUT2D eigenvalue weighted by Gasteiger charge is -2.04. The van der Waals surface area contributed by atoms with Crippen LogP contribution in [0.4, 0.5) is 0 Å². The maximum absolute atomic E-state index is 5.43. The van der Waals surface area contributed by atoms with Crippen molar-refractivity contribution in [3.05, 3.63) is 0 Å². The number of hydrogen-bond donors (Lipinski definition) is 1. The van der Waals surface area contributed by atoms with E-state index in [1.807, 2.05) is 0 Å². The zero-order valence-corrected chi connectivity index (χ0v) is 8.01. The third kappa shape index (κ3) is 5.52. The van der Waals surface area contributed by atoms with Crippen molar-refractivity contribution in [3.8, 4) is 0 Å². The number of nitrogens with zero attached hydrogens (tertiary/aromatic N) is 1. The molecule has 0 saturated carbocycles. The van der Waals surface area contributed by atoms with Crippen molar-refractivity contribution in [2.75, 3.05) is 45.9 Å². The lowest BCUT2D eigenvalue weighted by molar-refractivity contribution is 0.129. The van der Waals surface area contributed by atoms with Gasteiger partial charge < -0.3 is 10.1 Å². The van der Waals surface area contributed by atoms with Crippen LogP contribution in [0, 0.1) is 0 Å². The monoisotopic (exact) mass is 172 g/mol. The van der Waals surface area contributed by atoms with Crippen molar-refractivity contribution in [2.24, 2.45) is 0 Å². The molecule has 0 amide bonds. The van der Waals surface area contributed by atoms with Gasteiger partial charge in [-0.3, -0.25) is 4.90 Å². The molecule has 3 heteroatoms. The zero-order chi connectivity index (χ0) is 8.65. The highest BCUT2D eigenvalue weighted by Crippen LogP contribution is 2.00. The van der Waals surface area contributed by atoms with E-state index >= 15 is 0 Å². The van der Waals surface area contributed by atoms with Crippen LogP contribution in [0.25, 0.3) is 0 Å². The second-order valence-electron chi connectivity index (χ2n) is 3.20. The summed E-state index contributed by atoms with van der Waals surface area (Å²) in [6, 6.07) is 0. The molecule has 1 aliphatic heterocycles. The highest BCUT2D eigenvalue weighted by molar-refractivity contribution is 4.71. The predicted molar refractivity (Wildman–Crippen MR) is 50.4 cm³/mol. The predicted octanol–water partition coefficient (Wildman–Crippen LogP) is 0.318. The Morgan fingerprint density at radius 1 is 1.25 bits per heavy atom. The Hall–Kier alpha value is -0.120. The van der Waals surface area contributed by atoms with E-state index in [0.717, 1.165) is 32.8 Å². The molecule has 1 N–H and O–H groups in total. The van der Waals surface area contributed by atoms with Gasteiger partial charge in [0, 0.05) is 26.2 Å². The van der Waals surface area contributed by atoms with E-state index in [-0.39, 0.29) is 0 Å². The van der Waals surface area contributed by atoms with Gasteiger partial charge in [0.1, 0.15) is 0 Å². The van der Waals surface area contributed by atoms with E-state index in [1.165, 1.54) is 19.5 Å². The van der Waals surface area contributed by atoms with Crippen LogP contribution in [-0.2, 0) is 4.74 Å². The van der Waals surface area contributed by atoms with E-state index in [0.29, 0.717) is 0 Å². The molecule has 1 rings (SSSR count). The highest BCUT2D eigenvalue weighted by atomic mass is 16.5. The Kier molecular flexibility index (Phi) is 5.32. The van der Waals surface area contributed by atoms with Crippen LogP contribution in [0.5, 0.6) is 0 Å². The topological polar surface area (TPSA) is 24.3 Å². The molecule has 1 heterocycles. The van der Waals surface area contributed by atoms with Gasteiger partial charge in [-0.2, -0.15) is 0 Å². The molecule has 3 nitrogen and oxygen atoms in total. The number of nitrogens with one attached hydrogen (secondary N) is 1. The average Bonchev–Trinajstić information content (AvgIpc) is 2.87. The molecule has 0 radical (unpaired) electrons. The van der Waals surface area contributed by atoms with Crippen molar-refractivity contribution >= 4 is 0 Å². The summed E-state index contributed by atoms with van der Waals surface area (Å²) >= 11 is 0. The van der Waals surface area contributed by atoms with Crippen LogP contribution in [0.15, 0.2) is 0 Å². The van der Waals surface area contributed by atoms with E-state index in [1.54, 1.807) is 0 Å². The van der Waals surface area contributed by atoms with E-state index in [2.05, 4.69) is 17.1 Å². The highest BCUT2D eigenvalue weighted by Gasteiger charge is 2.15. The van der Waals surface area contributed by atoms with Gasteiger partial charge in [-0.05, 0) is 13.0 Å². The van der Waals surface area contributed by atoms with Gasteiger partial charge in [-0.15, -0.1) is 0 Å². The smallest absolute Gasteiger partial charge is 0.0594 e. The Morgan fingerprint density at radius 3 is 2.75 bits per heavy atom. The summed E-state index contributed by atoms with van der Waals surface area (Å²) in [6.07, 6.45) is 1.20. The molecule has 0 unspecified atom stereocenters. The van der Waals surface area contributed by atoms with Gasteiger partial charge >= 0.3 is 0 Å². The average molecular weight is 172 g/mol. The Labute approximate surface area is 75.1 Å². The van der Waals surface area contributed by atoms with E-state index < -0.39 is 0 Å². The minimum atomic E-state index is 0.855. The van der Waals surface area contributed by atoms with E-state index in [9.17, 15) is 0 Å². The van der Waals surface area contributed by atoms with E-state index in [4.69, 9.17) is 4.74 Å². The molecule has 0 aromatic heterocycles. The first-order chi connectivity index (χ1) is 5.93. The maximum atomic E-state index is 5.43. The number of rotatable bonds is 8. The molecule has 0 aliphatic carbocycles. The SMILES string of the molecule is CCCNCCOCCN1CC1. The molecule has 0 aromatic carbocycles. The van der Waals surface area contributed by atoms with Crippen LogP contribution in [0.2, 0.25) is 0 Å². The molecule has 0 spiro atoms. The molecular formula is C9H20N2O. The van der Waals surface area contributed by atoms with Gasteiger partial charge in [0.15, 0.2) is 0 Å². The fourth-order valence-corrected chi connectivity index (χ4v) is 1.04. The van der Waals surface area contributed by atoms with Crippen LogP contribution in [0.3, 0.4) is 0 Å². The summed E-state index contributed by atoms with van der Waals surface area (Å²) in [5.74, 6) is 0. The molecule has 1 aliphatic rings. The first kappa shape index (κ1) is 9.96. The maximum Gasteiger partial charge on any atom is 0.0594 e. The van der Waals surface area contributed by atoms with Crippen LogP contribution in [0.1, 0.15) is 13.3 Å². The van der Waals surface area contributed by atoms with Gasteiger partial charge in [0.25, 0.3) is 0 Å². The molecule has 0 aromatic rings. The molecule has 1 fully saturated rings. The summed E-state index contributed by atoms with van der Waals surface area (Å²) in [4.78, 5) is 2.37. The standard InChI is InChI=1S/C9H20N2O/c1-2-3-10-4-8-12-9-7-11-5-6-11/h10H,2-9H2,1H3. The fourth-order valence-electron chi connectivity index (χ4n) is 1.04. The second-order valence-corrected chi connectivity index (χ2v) is 3.20. The number of ether oxygens (including phenoxy) is 1. The Balaban J connectivity index is 1.65. The minimum Gasteiger partial charge on any atom is -0.379 e. The first-order valence-electron chi connectivity index (χ1n) is 4.94. The lowest BCUT2D eigenvalue weighted by atomic mass is 10.5. The van der Waals surface area contributed by atoms with Gasteiger partial charge in [-0.25, -0.2) is 0 Å². The summed E-state index contributed by atoms with van der Waals surface area (Å²) < 4.78 is 5.43. The van der Waals surface area contributed by atoms with Gasteiger partial charge in [0.2, 0.25) is 0 Å². The third-order valence-electron chi connectivity index (χ3n) is 1.94. The fraction of sp³-hybridized carbons (Fsp3) is 1.00. The Bertz CT molecular complexity index is 105. The third-order valence-corrected chi connectivity index (χ3v) is 1.94. The minimum absolute atomic E-state index is 0.855. The van der Waals surface area contributed by atoms with Crippen molar-refractivity contribution in [2.45, 2.75) is 13.3 Å². The first-order valence-corrected chi connectivity index (χ1v) is 4.94. The van der Waals surface area contributed by atoms with Crippen LogP contribution in [-0.4, -0.2) is 50.8 Å². The van der Waals surface area contributed by atoms with Crippen LogP contribution < -0.4 is 5.32 Å². The lowest BCUT2D eigenvalue weighted by Crippen LogP contribution is -2.21. The molecule has 72 valence electrons. The summed E-state index contributed by atoms with van der Waals surface area (Å²) in [6.45, 7) is 9.70. The summed E-state index contributed by atoms with van der Waals surface area (Å²) in [5.41, 5.74) is 0. The Morgan fingerprint density at radius 2 is 2.08 bits per heavy atom. The zero-order valence-electron chi connectivity index (χ0n) is 8.01. The van der Waals surface area contributed by atoms with Gasteiger partial charge in [-0.1, -0.05) is 6.92 Å². The molecular weight excluding hydrogens is 152 g/mol. The molecule has 12 heavy (non-hydrogen) atoms. The normalized spacial score (nSPS) is 16.8. The summed E-state index contributed by atoms with van der Waals surface area (Å²) in [7, 11) is 0. The number of hydrogen-bond acceptors (Lipinski definition) is 3. The van der Waals surface area contributed by atoms with Crippen LogP contribution >= 0.6 is 0 Å². The molecule has 0 atom stereocenters. The van der Waals surface area contributed by atoms with Crippen molar-refractivity contribution in [1.82, 2.24) is 10.2 Å². The molecule has 0 bridgehead atoms.